The van der Waals surface area contributed by atoms with Gasteiger partial charge in [-0.1, -0.05) is 13.8 Å². The first kappa shape index (κ1) is 17.3. The molecule has 0 fully saturated rings. The molecule has 0 N–H and O–H groups in total. The second-order valence-electron chi connectivity index (χ2n) is 3.44. The Morgan fingerprint density at radius 3 is 1.87 bits per heavy atom. The molecule has 0 aromatic heterocycles. The molecule has 3 heteroatoms. The van der Waals surface area contributed by atoms with Gasteiger partial charge in [-0.2, -0.15) is 0 Å². The zero-order valence-electron chi connectivity index (χ0n) is 11.0. The van der Waals surface area contributed by atoms with Crippen molar-refractivity contribution < 1.29 is 14.2 Å². The number of rotatable bonds is 8. The highest BCUT2D eigenvalue weighted by Gasteiger charge is 1.96. The van der Waals surface area contributed by atoms with Crippen molar-refractivity contribution in [1.29, 1.82) is 0 Å². The van der Waals surface area contributed by atoms with E-state index in [4.69, 9.17) is 14.2 Å². The van der Waals surface area contributed by atoms with Crippen LogP contribution in [0.2, 0.25) is 0 Å². The summed E-state index contributed by atoms with van der Waals surface area (Å²) in [6.45, 7) is 8.83. The molecule has 1 unspecified atom stereocenters. The van der Waals surface area contributed by atoms with Crippen LogP contribution in [-0.4, -0.2) is 40.1 Å². The van der Waals surface area contributed by atoms with Gasteiger partial charge >= 0.3 is 0 Å². The molecule has 3 nitrogen and oxygen atoms in total. The molecule has 0 aliphatic heterocycles. The van der Waals surface area contributed by atoms with Crippen LogP contribution >= 0.6 is 0 Å². The van der Waals surface area contributed by atoms with Crippen LogP contribution in [0.3, 0.4) is 0 Å². The molecule has 0 aromatic carbocycles. The molecule has 94 valence electrons. The van der Waals surface area contributed by atoms with E-state index in [9.17, 15) is 0 Å². The van der Waals surface area contributed by atoms with Crippen molar-refractivity contribution in [2.75, 3.05) is 34.0 Å². The molecule has 0 saturated carbocycles. The summed E-state index contributed by atoms with van der Waals surface area (Å²) in [4.78, 5) is 0. The lowest BCUT2D eigenvalue weighted by atomic mass is 10.3. The van der Waals surface area contributed by atoms with Crippen molar-refractivity contribution in [1.82, 2.24) is 0 Å². The van der Waals surface area contributed by atoms with E-state index in [1.165, 1.54) is 0 Å². The van der Waals surface area contributed by atoms with Gasteiger partial charge in [-0.15, -0.1) is 0 Å². The summed E-state index contributed by atoms with van der Waals surface area (Å²) >= 11 is 0. The van der Waals surface area contributed by atoms with Crippen molar-refractivity contribution in [3.05, 3.63) is 0 Å². The lowest BCUT2D eigenvalue weighted by molar-refractivity contribution is 0.0619. The molecule has 15 heavy (non-hydrogen) atoms. The van der Waals surface area contributed by atoms with Crippen LogP contribution in [0, 0.1) is 0 Å². The fourth-order valence-corrected chi connectivity index (χ4v) is 0.818. The number of ether oxygens (including phenoxy) is 3. The Labute approximate surface area is 95.1 Å². The quantitative estimate of drug-likeness (QED) is 0.589. The van der Waals surface area contributed by atoms with Gasteiger partial charge < -0.3 is 14.2 Å². The molecule has 0 amide bonds. The van der Waals surface area contributed by atoms with Crippen molar-refractivity contribution in [2.24, 2.45) is 0 Å². The molecule has 0 heterocycles. The topological polar surface area (TPSA) is 27.7 Å². The fourth-order valence-electron chi connectivity index (χ4n) is 0.818. The third-order valence-electron chi connectivity index (χ3n) is 1.83. The Bertz CT molecular complexity index is 94.9. The van der Waals surface area contributed by atoms with Crippen LogP contribution < -0.4 is 0 Å². The monoisotopic (exact) mass is 220 g/mol. The third-order valence-corrected chi connectivity index (χ3v) is 1.83. The lowest BCUT2D eigenvalue weighted by Crippen LogP contribution is -2.09. The Hall–Kier alpha value is -0.120. The molecule has 0 spiro atoms. The van der Waals surface area contributed by atoms with E-state index < -0.39 is 0 Å². The van der Waals surface area contributed by atoms with Crippen molar-refractivity contribution in [3.63, 3.8) is 0 Å². The fraction of sp³-hybridized carbons (Fsp3) is 1.00. The van der Waals surface area contributed by atoms with E-state index in [1.807, 2.05) is 0 Å². The maximum absolute atomic E-state index is 5.28. The standard InChI is InChI=1S/C8H18O2.C4H10O/c1-4-6-10-7-5-8(2)9-3;1-3-4-5-2/h8H,4-7H2,1-3H3;3-4H2,1-2H3. The first-order valence-corrected chi connectivity index (χ1v) is 5.82. The zero-order valence-corrected chi connectivity index (χ0v) is 11.0. The number of hydrogen-bond acceptors (Lipinski definition) is 3. The molecular formula is C12H28O3. The molecule has 0 aliphatic carbocycles. The van der Waals surface area contributed by atoms with Crippen LogP contribution in [0.25, 0.3) is 0 Å². The van der Waals surface area contributed by atoms with Gasteiger partial charge in [0.1, 0.15) is 0 Å². The molecular weight excluding hydrogens is 192 g/mol. The summed E-state index contributed by atoms with van der Waals surface area (Å²) in [6.07, 6.45) is 3.55. The molecule has 0 radical (unpaired) electrons. The molecule has 0 aliphatic rings. The van der Waals surface area contributed by atoms with Crippen LogP contribution in [0.4, 0.5) is 0 Å². The highest BCUT2D eigenvalue weighted by atomic mass is 16.5. The average Bonchev–Trinajstić information content (AvgIpc) is 2.26. The van der Waals surface area contributed by atoms with E-state index in [-0.39, 0.29) is 0 Å². The van der Waals surface area contributed by atoms with Gasteiger partial charge in [0.2, 0.25) is 0 Å². The van der Waals surface area contributed by atoms with Gasteiger partial charge in [0.15, 0.2) is 0 Å². The molecule has 0 aromatic rings. The summed E-state index contributed by atoms with van der Waals surface area (Å²) in [6, 6.07) is 0. The predicted octanol–water partition coefficient (Wildman–Crippen LogP) is 2.88. The summed E-state index contributed by atoms with van der Waals surface area (Å²) in [7, 11) is 3.44. The normalized spacial score (nSPS) is 11.8. The minimum atomic E-state index is 0.330. The van der Waals surface area contributed by atoms with E-state index in [2.05, 4.69) is 20.8 Å². The molecule has 0 saturated heterocycles. The Balaban J connectivity index is 0. The number of methoxy groups -OCH3 is 2. The predicted molar refractivity (Wildman–Crippen MR) is 64.4 cm³/mol. The third kappa shape index (κ3) is 20.1. The van der Waals surface area contributed by atoms with Crippen LogP contribution in [0.1, 0.15) is 40.0 Å². The highest BCUT2D eigenvalue weighted by Crippen LogP contribution is 1.95. The maximum atomic E-state index is 5.28. The van der Waals surface area contributed by atoms with E-state index in [0.717, 1.165) is 39.1 Å². The first-order chi connectivity index (χ1) is 7.22. The van der Waals surface area contributed by atoms with Crippen molar-refractivity contribution >= 4 is 0 Å². The second-order valence-corrected chi connectivity index (χ2v) is 3.44. The Morgan fingerprint density at radius 1 is 0.933 bits per heavy atom. The maximum Gasteiger partial charge on any atom is 0.0565 e. The van der Waals surface area contributed by atoms with E-state index >= 15 is 0 Å². The van der Waals surface area contributed by atoms with E-state index in [1.54, 1.807) is 14.2 Å². The highest BCUT2D eigenvalue weighted by molar-refractivity contribution is 4.46. The van der Waals surface area contributed by atoms with Gasteiger partial charge in [-0.05, 0) is 26.2 Å². The summed E-state index contributed by atoms with van der Waals surface area (Å²) < 4.78 is 15.0. The van der Waals surface area contributed by atoms with Crippen molar-refractivity contribution in [2.45, 2.75) is 46.1 Å². The zero-order chi connectivity index (χ0) is 11.9. The first-order valence-electron chi connectivity index (χ1n) is 5.82. The van der Waals surface area contributed by atoms with Crippen LogP contribution in [-0.2, 0) is 14.2 Å². The lowest BCUT2D eigenvalue weighted by Gasteiger charge is -2.08. The molecule has 0 rings (SSSR count). The Morgan fingerprint density at radius 2 is 1.53 bits per heavy atom. The molecule has 0 bridgehead atoms. The van der Waals surface area contributed by atoms with Gasteiger partial charge in [0, 0.05) is 34.0 Å². The SMILES string of the molecule is CCCOC.CCCOCCC(C)OC. The smallest absolute Gasteiger partial charge is 0.0565 e. The van der Waals surface area contributed by atoms with Crippen LogP contribution in [0.5, 0.6) is 0 Å². The van der Waals surface area contributed by atoms with Gasteiger partial charge in [0.25, 0.3) is 0 Å². The van der Waals surface area contributed by atoms with Gasteiger partial charge in [-0.25, -0.2) is 0 Å². The number of hydrogen-bond donors (Lipinski definition) is 0. The van der Waals surface area contributed by atoms with Crippen molar-refractivity contribution in [3.8, 4) is 0 Å². The van der Waals surface area contributed by atoms with Crippen LogP contribution in [0.15, 0.2) is 0 Å². The van der Waals surface area contributed by atoms with Gasteiger partial charge in [-0.3, -0.25) is 0 Å². The largest absolute Gasteiger partial charge is 0.385 e. The van der Waals surface area contributed by atoms with E-state index in [0.29, 0.717) is 6.10 Å². The minimum absolute atomic E-state index is 0.330. The molecule has 1 atom stereocenters. The Kier molecular flexibility index (Phi) is 18.8. The average molecular weight is 220 g/mol. The minimum Gasteiger partial charge on any atom is -0.385 e. The summed E-state index contributed by atoms with van der Waals surface area (Å²) in [5.41, 5.74) is 0. The summed E-state index contributed by atoms with van der Waals surface area (Å²) in [5, 5.41) is 0. The second kappa shape index (κ2) is 16.3. The summed E-state index contributed by atoms with van der Waals surface area (Å²) in [5.74, 6) is 0. The van der Waals surface area contributed by atoms with Gasteiger partial charge in [0.05, 0.1) is 6.10 Å².